The standard InChI is InChI=1S/C5H5O2/c1-3-5(7)4(2)6/h3H2,1H3. The molecule has 0 aliphatic heterocycles. The number of hydrogen-bond acceptors (Lipinski definition) is 2. The molecule has 0 heterocycles. The lowest BCUT2D eigenvalue weighted by molar-refractivity contribution is -0.133. The molecular weight excluding hydrogens is 92.1 g/mol. The number of carbonyl (C=O) groups is 2. The maximum atomic E-state index is 9.97. The Balaban J connectivity index is 3.58. The third-order valence-corrected chi connectivity index (χ3v) is 0.574. The van der Waals surface area contributed by atoms with Crippen molar-refractivity contribution >= 4 is 11.6 Å². The first-order valence-electron chi connectivity index (χ1n) is 1.97. The third-order valence-electron chi connectivity index (χ3n) is 0.574. The average molecular weight is 97.1 g/mol. The lowest BCUT2D eigenvalue weighted by Gasteiger charge is -1.80. The maximum absolute atomic E-state index is 9.97. The first-order valence-corrected chi connectivity index (χ1v) is 1.97. The van der Waals surface area contributed by atoms with Gasteiger partial charge in [0.05, 0.1) is 6.92 Å². The average Bonchev–Trinajstić information content (AvgIpc) is 1.65. The topological polar surface area (TPSA) is 34.1 Å². The van der Waals surface area contributed by atoms with Gasteiger partial charge in [-0.2, -0.15) is 0 Å². The Morgan fingerprint density at radius 1 is 1.57 bits per heavy atom. The number of carbonyl (C=O) groups excluding carboxylic acids is 2. The molecule has 0 atom stereocenters. The minimum atomic E-state index is -1.09. The predicted molar refractivity (Wildman–Crippen MR) is 23.5 cm³/mol. The molecule has 7 heavy (non-hydrogen) atoms. The fourth-order valence-corrected chi connectivity index (χ4v) is 0.161. The zero-order valence-corrected chi connectivity index (χ0v) is 4.02. The molecule has 0 N–H and O–H groups in total. The first kappa shape index (κ1) is 6.34. The summed E-state index contributed by atoms with van der Waals surface area (Å²) in [5.41, 5.74) is 0. The van der Waals surface area contributed by atoms with Crippen LogP contribution < -0.4 is 0 Å². The molecular formula is C5H5O2. The van der Waals surface area contributed by atoms with Crippen LogP contribution in [-0.4, -0.2) is 11.6 Å². The van der Waals surface area contributed by atoms with Gasteiger partial charge in [-0.3, -0.25) is 9.59 Å². The number of Topliss-reactive ketones (excluding diaryl/α,β-unsaturated/α-hetero) is 2. The molecule has 37 valence electrons. The third kappa shape index (κ3) is 2.09. The minimum absolute atomic E-state index is 0.141. The normalized spacial score (nSPS) is 8.29. The van der Waals surface area contributed by atoms with E-state index in [1.54, 1.807) is 6.92 Å². The van der Waals surface area contributed by atoms with Gasteiger partial charge in [0, 0.05) is 6.42 Å². The molecule has 3 radical (unpaired) electrons. The Labute approximate surface area is 42.5 Å². The highest BCUT2D eigenvalue weighted by Gasteiger charge is 2.01. The van der Waals surface area contributed by atoms with Gasteiger partial charge in [-0.05, 0) is 0 Å². The molecule has 0 aliphatic rings. The predicted octanol–water partition coefficient (Wildman–Crippen LogP) is 0.123. The Morgan fingerprint density at radius 2 is 2.00 bits per heavy atom. The van der Waals surface area contributed by atoms with E-state index >= 15 is 0 Å². The maximum Gasteiger partial charge on any atom is 0.207 e. The lowest BCUT2D eigenvalue weighted by Crippen LogP contribution is -2.06. The van der Waals surface area contributed by atoms with Gasteiger partial charge in [0.1, 0.15) is 0 Å². The summed E-state index contributed by atoms with van der Waals surface area (Å²) in [7, 11) is 0. The van der Waals surface area contributed by atoms with Crippen LogP contribution in [0.2, 0.25) is 0 Å². The van der Waals surface area contributed by atoms with Crippen LogP contribution in [0.15, 0.2) is 0 Å². The van der Waals surface area contributed by atoms with Crippen molar-refractivity contribution in [1.82, 2.24) is 0 Å². The van der Waals surface area contributed by atoms with Crippen molar-refractivity contribution in [3.8, 4) is 0 Å². The SMILES string of the molecule is [C]C(=O)C(=O)CC. The molecule has 0 saturated carbocycles. The molecule has 0 rings (SSSR count). The van der Waals surface area contributed by atoms with Crippen molar-refractivity contribution in [3.63, 3.8) is 0 Å². The van der Waals surface area contributed by atoms with Gasteiger partial charge in [0.25, 0.3) is 0 Å². The van der Waals surface area contributed by atoms with Crippen LogP contribution in [0.4, 0.5) is 0 Å². The van der Waals surface area contributed by atoms with Crippen LogP contribution in [0, 0.1) is 6.92 Å². The highest BCUT2D eigenvalue weighted by Crippen LogP contribution is 1.78. The Hall–Kier alpha value is -0.660. The quantitative estimate of drug-likeness (QED) is 0.459. The van der Waals surface area contributed by atoms with Crippen molar-refractivity contribution in [3.05, 3.63) is 6.92 Å². The van der Waals surface area contributed by atoms with Crippen LogP contribution in [-0.2, 0) is 9.59 Å². The molecule has 0 amide bonds. The number of rotatable bonds is 2. The summed E-state index contributed by atoms with van der Waals surface area (Å²) < 4.78 is 0. The van der Waals surface area contributed by atoms with Gasteiger partial charge in [-0.1, -0.05) is 6.92 Å². The lowest BCUT2D eigenvalue weighted by atomic mass is 10.2. The van der Waals surface area contributed by atoms with Crippen LogP contribution in [0.25, 0.3) is 0 Å². The summed E-state index contributed by atoms with van der Waals surface area (Å²) in [6.07, 6.45) is 0.141. The second-order valence-electron chi connectivity index (χ2n) is 1.11. The first-order chi connectivity index (χ1) is 3.18. The second-order valence-corrected chi connectivity index (χ2v) is 1.11. The van der Waals surface area contributed by atoms with Crippen LogP contribution in [0.3, 0.4) is 0 Å². The van der Waals surface area contributed by atoms with E-state index in [4.69, 9.17) is 6.92 Å². The van der Waals surface area contributed by atoms with Crippen LogP contribution >= 0.6 is 0 Å². The Bertz CT molecular complexity index is 94.3. The molecule has 0 aromatic heterocycles. The molecule has 2 heteroatoms. The zero-order valence-electron chi connectivity index (χ0n) is 4.02. The molecule has 0 aliphatic carbocycles. The molecule has 2 nitrogen and oxygen atoms in total. The van der Waals surface area contributed by atoms with Gasteiger partial charge in [0.15, 0.2) is 5.78 Å². The van der Waals surface area contributed by atoms with Crippen molar-refractivity contribution < 1.29 is 9.59 Å². The van der Waals surface area contributed by atoms with Gasteiger partial charge in [-0.25, -0.2) is 0 Å². The number of ketones is 2. The monoisotopic (exact) mass is 97.0 g/mol. The van der Waals surface area contributed by atoms with E-state index in [9.17, 15) is 9.59 Å². The summed E-state index contributed by atoms with van der Waals surface area (Å²) in [4.78, 5) is 19.7. The van der Waals surface area contributed by atoms with E-state index < -0.39 is 11.6 Å². The second kappa shape index (κ2) is 2.50. The van der Waals surface area contributed by atoms with Gasteiger partial charge in [-0.15, -0.1) is 0 Å². The van der Waals surface area contributed by atoms with Crippen molar-refractivity contribution in [2.45, 2.75) is 13.3 Å². The molecule has 0 bridgehead atoms. The van der Waals surface area contributed by atoms with Gasteiger partial charge < -0.3 is 0 Å². The highest BCUT2D eigenvalue weighted by atomic mass is 16.2. The fourth-order valence-electron chi connectivity index (χ4n) is 0.161. The van der Waals surface area contributed by atoms with Gasteiger partial charge >= 0.3 is 0 Å². The smallest absolute Gasteiger partial charge is 0.207 e. The molecule has 0 aromatic carbocycles. The molecule has 0 unspecified atom stereocenters. The van der Waals surface area contributed by atoms with E-state index in [1.807, 2.05) is 0 Å². The van der Waals surface area contributed by atoms with E-state index in [-0.39, 0.29) is 6.42 Å². The van der Waals surface area contributed by atoms with Gasteiger partial charge in [0.2, 0.25) is 5.78 Å². The summed E-state index contributed by atoms with van der Waals surface area (Å²) in [6, 6.07) is 0. The molecule has 0 saturated heterocycles. The largest absolute Gasteiger partial charge is 0.291 e. The van der Waals surface area contributed by atoms with Crippen molar-refractivity contribution in [1.29, 1.82) is 0 Å². The van der Waals surface area contributed by atoms with Crippen molar-refractivity contribution in [2.24, 2.45) is 0 Å². The molecule has 0 spiro atoms. The van der Waals surface area contributed by atoms with E-state index in [0.29, 0.717) is 0 Å². The van der Waals surface area contributed by atoms with E-state index in [2.05, 4.69) is 0 Å². The van der Waals surface area contributed by atoms with Crippen molar-refractivity contribution in [2.75, 3.05) is 0 Å². The Kier molecular flexibility index (Phi) is 2.27. The zero-order chi connectivity index (χ0) is 5.86. The summed E-state index contributed by atoms with van der Waals surface area (Å²) in [5.74, 6) is -1.72. The summed E-state index contributed by atoms with van der Waals surface area (Å²) >= 11 is 0. The summed E-state index contributed by atoms with van der Waals surface area (Å²) in [5, 5.41) is 0. The highest BCUT2D eigenvalue weighted by molar-refractivity contribution is 6.38. The molecule has 0 aromatic rings. The number of hydrogen-bond donors (Lipinski definition) is 0. The fraction of sp³-hybridized carbons (Fsp3) is 0.400. The summed E-state index contributed by atoms with van der Waals surface area (Å²) in [6.45, 7) is 7.75. The minimum Gasteiger partial charge on any atom is -0.291 e. The van der Waals surface area contributed by atoms with E-state index in [1.165, 1.54) is 0 Å². The molecule has 0 fully saturated rings. The van der Waals surface area contributed by atoms with E-state index in [0.717, 1.165) is 0 Å². The van der Waals surface area contributed by atoms with Crippen LogP contribution in [0.1, 0.15) is 13.3 Å². The Morgan fingerprint density at radius 3 is 2.00 bits per heavy atom. The van der Waals surface area contributed by atoms with Crippen LogP contribution in [0.5, 0.6) is 0 Å².